The minimum absolute atomic E-state index is 0.421. The van der Waals surface area contributed by atoms with Crippen molar-refractivity contribution >= 4 is 11.8 Å². The zero-order valence-electron chi connectivity index (χ0n) is 10.4. The van der Waals surface area contributed by atoms with Gasteiger partial charge in [-0.15, -0.1) is 0 Å². The summed E-state index contributed by atoms with van der Waals surface area (Å²) in [5, 5.41) is 5.91. The van der Waals surface area contributed by atoms with Gasteiger partial charge in [-0.05, 0) is 25.1 Å². The molecule has 5 nitrogen and oxygen atoms in total. The average Bonchev–Trinajstić information content (AvgIpc) is 2.90. The highest BCUT2D eigenvalue weighted by Crippen LogP contribution is 2.17. The van der Waals surface area contributed by atoms with E-state index < -0.39 is 6.09 Å². The first-order chi connectivity index (χ1) is 8.78. The molecule has 1 aliphatic rings. The normalized spacial score (nSPS) is 18.4. The molecule has 1 unspecified atom stereocenters. The first kappa shape index (κ1) is 12.7. The van der Waals surface area contributed by atoms with Crippen LogP contribution >= 0.6 is 0 Å². The summed E-state index contributed by atoms with van der Waals surface area (Å²) >= 11 is 0. The van der Waals surface area contributed by atoms with E-state index in [1.165, 1.54) is 0 Å². The molecule has 0 spiro atoms. The maximum atomic E-state index is 11.6. The summed E-state index contributed by atoms with van der Waals surface area (Å²) in [6.07, 6.45) is 0.641. The van der Waals surface area contributed by atoms with E-state index in [2.05, 4.69) is 10.6 Å². The number of ether oxygens (including phenoxy) is 2. The van der Waals surface area contributed by atoms with Gasteiger partial charge in [0.05, 0.1) is 13.7 Å². The Morgan fingerprint density at radius 3 is 3.17 bits per heavy atom. The molecule has 1 amide bonds. The second kappa shape index (κ2) is 6.26. The van der Waals surface area contributed by atoms with Gasteiger partial charge in [0.15, 0.2) is 0 Å². The van der Waals surface area contributed by atoms with E-state index in [-0.39, 0.29) is 0 Å². The molecule has 0 saturated carbocycles. The minimum Gasteiger partial charge on any atom is -0.497 e. The highest BCUT2D eigenvalue weighted by Gasteiger charge is 2.16. The molecule has 1 aromatic carbocycles. The minimum atomic E-state index is -0.421. The number of nitrogens with one attached hydrogen (secondary N) is 2. The third-order valence-electron chi connectivity index (χ3n) is 2.93. The SMILES string of the molecule is COc1cccc(NC(=O)OCC2CCNC2)c1. The van der Waals surface area contributed by atoms with Gasteiger partial charge < -0.3 is 14.8 Å². The van der Waals surface area contributed by atoms with Gasteiger partial charge in [0.1, 0.15) is 5.75 Å². The molecule has 1 aliphatic heterocycles. The van der Waals surface area contributed by atoms with Crippen molar-refractivity contribution in [3.63, 3.8) is 0 Å². The van der Waals surface area contributed by atoms with Gasteiger partial charge in [-0.3, -0.25) is 5.32 Å². The van der Waals surface area contributed by atoms with E-state index in [1.54, 1.807) is 19.2 Å². The van der Waals surface area contributed by atoms with Gasteiger partial charge in [-0.2, -0.15) is 0 Å². The van der Waals surface area contributed by atoms with Gasteiger partial charge in [0.2, 0.25) is 0 Å². The topological polar surface area (TPSA) is 59.6 Å². The van der Waals surface area contributed by atoms with E-state index >= 15 is 0 Å². The molecule has 1 aromatic rings. The molecular weight excluding hydrogens is 232 g/mol. The van der Waals surface area contributed by atoms with Crippen LogP contribution in [0.15, 0.2) is 24.3 Å². The number of hydrogen-bond acceptors (Lipinski definition) is 4. The summed E-state index contributed by atoms with van der Waals surface area (Å²) in [5.41, 5.74) is 0.670. The largest absolute Gasteiger partial charge is 0.497 e. The van der Waals surface area contributed by atoms with Crippen LogP contribution in [-0.2, 0) is 4.74 Å². The number of carbonyl (C=O) groups excluding carboxylic acids is 1. The summed E-state index contributed by atoms with van der Waals surface area (Å²) in [4.78, 5) is 11.6. The molecule has 1 heterocycles. The van der Waals surface area contributed by atoms with E-state index in [9.17, 15) is 4.79 Å². The lowest BCUT2D eigenvalue weighted by molar-refractivity contribution is 0.144. The summed E-state index contributed by atoms with van der Waals surface area (Å²) < 4.78 is 10.2. The summed E-state index contributed by atoms with van der Waals surface area (Å²) in [6, 6.07) is 7.18. The highest BCUT2D eigenvalue weighted by molar-refractivity contribution is 5.84. The van der Waals surface area contributed by atoms with Crippen LogP contribution in [0.25, 0.3) is 0 Å². The number of anilines is 1. The van der Waals surface area contributed by atoms with Gasteiger partial charge in [0, 0.05) is 24.2 Å². The molecule has 2 rings (SSSR count). The molecule has 1 saturated heterocycles. The number of methoxy groups -OCH3 is 1. The van der Waals surface area contributed by atoms with Crippen LogP contribution in [0, 0.1) is 5.92 Å². The molecule has 5 heteroatoms. The maximum absolute atomic E-state index is 11.6. The Kier molecular flexibility index (Phi) is 4.41. The van der Waals surface area contributed by atoms with E-state index in [0.29, 0.717) is 24.0 Å². The lowest BCUT2D eigenvalue weighted by Crippen LogP contribution is -2.20. The molecule has 1 atom stereocenters. The lowest BCUT2D eigenvalue weighted by Gasteiger charge is -2.11. The van der Waals surface area contributed by atoms with Crippen LogP contribution in [0.1, 0.15) is 6.42 Å². The molecule has 98 valence electrons. The van der Waals surface area contributed by atoms with E-state index in [1.807, 2.05) is 12.1 Å². The van der Waals surface area contributed by atoms with Crippen molar-refractivity contribution in [1.82, 2.24) is 5.32 Å². The molecule has 0 aromatic heterocycles. The zero-order valence-corrected chi connectivity index (χ0v) is 10.4. The monoisotopic (exact) mass is 250 g/mol. The number of benzene rings is 1. The van der Waals surface area contributed by atoms with Crippen molar-refractivity contribution in [2.45, 2.75) is 6.42 Å². The number of carbonyl (C=O) groups is 1. The Bertz CT molecular complexity index is 403. The highest BCUT2D eigenvalue weighted by atomic mass is 16.5. The Balaban J connectivity index is 1.78. The van der Waals surface area contributed by atoms with Crippen molar-refractivity contribution in [1.29, 1.82) is 0 Å². The standard InChI is InChI=1S/C13H18N2O3/c1-17-12-4-2-3-11(7-12)15-13(16)18-9-10-5-6-14-8-10/h2-4,7,10,14H,5-6,8-9H2,1H3,(H,15,16). The molecule has 18 heavy (non-hydrogen) atoms. The van der Waals surface area contributed by atoms with Gasteiger partial charge in [-0.25, -0.2) is 4.79 Å². The van der Waals surface area contributed by atoms with Crippen molar-refractivity contribution in [2.75, 3.05) is 32.1 Å². The lowest BCUT2D eigenvalue weighted by atomic mass is 10.1. The fourth-order valence-electron chi connectivity index (χ4n) is 1.90. The average molecular weight is 250 g/mol. The smallest absolute Gasteiger partial charge is 0.411 e. The fraction of sp³-hybridized carbons (Fsp3) is 0.462. The second-order valence-electron chi connectivity index (χ2n) is 4.31. The van der Waals surface area contributed by atoms with Crippen molar-refractivity contribution < 1.29 is 14.3 Å². The Morgan fingerprint density at radius 1 is 1.56 bits per heavy atom. The van der Waals surface area contributed by atoms with E-state index in [4.69, 9.17) is 9.47 Å². The first-order valence-corrected chi connectivity index (χ1v) is 6.06. The van der Waals surface area contributed by atoms with Crippen LogP contribution in [0.3, 0.4) is 0 Å². The van der Waals surface area contributed by atoms with Crippen molar-refractivity contribution in [2.24, 2.45) is 5.92 Å². The Morgan fingerprint density at radius 2 is 2.44 bits per heavy atom. The third kappa shape index (κ3) is 3.63. The van der Waals surface area contributed by atoms with Crippen LogP contribution < -0.4 is 15.4 Å². The zero-order chi connectivity index (χ0) is 12.8. The molecule has 2 N–H and O–H groups in total. The summed E-state index contributed by atoms with van der Waals surface area (Å²) in [5.74, 6) is 1.13. The molecule has 0 aliphatic carbocycles. The second-order valence-corrected chi connectivity index (χ2v) is 4.31. The van der Waals surface area contributed by atoms with Crippen LogP contribution in [0.2, 0.25) is 0 Å². The predicted octanol–water partition coefficient (Wildman–Crippen LogP) is 1.85. The third-order valence-corrected chi connectivity index (χ3v) is 2.93. The quantitative estimate of drug-likeness (QED) is 0.856. The number of rotatable bonds is 4. The van der Waals surface area contributed by atoms with Crippen molar-refractivity contribution in [3.8, 4) is 5.75 Å². The Hall–Kier alpha value is -1.75. The van der Waals surface area contributed by atoms with E-state index in [0.717, 1.165) is 19.5 Å². The summed E-state index contributed by atoms with van der Waals surface area (Å²) in [7, 11) is 1.59. The van der Waals surface area contributed by atoms with Crippen LogP contribution in [0.4, 0.5) is 10.5 Å². The predicted molar refractivity (Wildman–Crippen MR) is 68.9 cm³/mol. The fourth-order valence-corrected chi connectivity index (χ4v) is 1.90. The Labute approximate surface area is 106 Å². The van der Waals surface area contributed by atoms with Crippen LogP contribution in [-0.4, -0.2) is 32.9 Å². The van der Waals surface area contributed by atoms with Gasteiger partial charge >= 0.3 is 6.09 Å². The van der Waals surface area contributed by atoms with Gasteiger partial charge in [0.25, 0.3) is 0 Å². The molecule has 0 bridgehead atoms. The number of amides is 1. The molecule has 0 radical (unpaired) electrons. The van der Waals surface area contributed by atoms with Gasteiger partial charge in [-0.1, -0.05) is 6.07 Å². The van der Waals surface area contributed by atoms with Crippen molar-refractivity contribution in [3.05, 3.63) is 24.3 Å². The maximum Gasteiger partial charge on any atom is 0.411 e. The first-order valence-electron chi connectivity index (χ1n) is 6.06. The molecular formula is C13H18N2O3. The van der Waals surface area contributed by atoms with Crippen LogP contribution in [0.5, 0.6) is 5.75 Å². The summed E-state index contributed by atoms with van der Waals surface area (Å²) in [6.45, 7) is 2.39. The number of hydrogen-bond donors (Lipinski definition) is 2. The molecule has 1 fully saturated rings.